The molecular formula is C34H39FN6O3. The molecule has 1 spiro atoms. The minimum atomic E-state index is -0.507. The maximum Gasteiger partial charge on any atom is 0.410 e. The minimum absolute atomic E-state index is 0.0920. The van der Waals surface area contributed by atoms with Crippen molar-refractivity contribution in [2.24, 2.45) is 12.5 Å². The number of halogens is 1. The molecule has 1 aliphatic heterocycles. The molecule has 1 aromatic carbocycles. The maximum absolute atomic E-state index is 15.5. The van der Waals surface area contributed by atoms with E-state index in [9.17, 15) is 4.79 Å². The monoisotopic (exact) mass is 598 g/mol. The molecule has 0 bridgehead atoms. The van der Waals surface area contributed by atoms with Crippen LogP contribution in [0.25, 0.3) is 27.7 Å². The zero-order valence-corrected chi connectivity index (χ0v) is 26.0. The molecule has 1 aliphatic carbocycles. The molecule has 0 saturated carbocycles. The number of fused-ring (bicyclic) bond motifs is 1. The minimum Gasteiger partial charge on any atom is -0.444 e. The predicted octanol–water partition coefficient (Wildman–Crippen LogP) is 7.44. The lowest BCUT2D eigenvalue weighted by Gasteiger charge is -2.43. The number of likely N-dealkylation sites (tertiary alicyclic amines) is 1. The van der Waals surface area contributed by atoms with E-state index in [-0.39, 0.29) is 17.3 Å². The highest BCUT2D eigenvalue weighted by atomic mass is 19.1. The summed E-state index contributed by atoms with van der Waals surface area (Å²) in [7, 11) is 1.97. The quantitative estimate of drug-likeness (QED) is 0.260. The smallest absolute Gasteiger partial charge is 0.410 e. The van der Waals surface area contributed by atoms with E-state index >= 15 is 4.39 Å². The second kappa shape index (κ2) is 11.2. The van der Waals surface area contributed by atoms with Crippen LogP contribution in [0.3, 0.4) is 0 Å². The highest BCUT2D eigenvalue weighted by molar-refractivity contribution is 6.06. The number of anilines is 1. The predicted molar refractivity (Wildman–Crippen MR) is 169 cm³/mol. The van der Waals surface area contributed by atoms with Gasteiger partial charge in [0.1, 0.15) is 23.4 Å². The zero-order chi connectivity index (χ0) is 31.2. The number of nitrogens with zero attached hydrogens (tertiary/aromatic N) is 5. The molecule has 0 radical (unpaired) electrons. The second-order valence-corrected chi connectivity index (χ2v) is 13.1. The van der Waals surface area contributed by atoms with Crippen LogP contribution < -0.4 is 10.5 Å². The van der Waals surface area contributed by atoms with E-state index in [4.69, 9.17) is 15.2 Å². The maximum atomic E-state index is 15.5. The van der Waals surface area contributed by atoms with Crippen molar-refractivity contribution in [1.82, 2.24) is 24.4 Å². The number of carbonyl (C=O) groups is 1. The van der Waals surface area contributed by atoms with Crippen molar-refractivity contribution in [3.8, 4) is 22.8 Å². The third kappa shape index (κ3) is 5.73. The molecule has 3 aromatic heterocycles. The van der Waals surface area contributed by atoms with Crippen LogP contribution in [0.15, 0.2) is 48.9 Å². The molecule has 6 rings (SSSR count). The topological polar surface area (TPSA) is 108 Å². The Morgan fingerprint density at radius 3 is 2.50 bits per heavy atom. The summed E-state index contributed by atoms with van der Waals surface area (Å²) in [4.78, 5) is 27.5. The third-order valence-corrected chi connectivity index (χ3v) is 8.81. The lowest BCUT2D eigenvalue weighted by atomic mass is 9.68. The average Bonchev–Trinajstić information content (AvgIpc) is 3.27. The van der Waals surface area contributed by atoms with Crippen molar-refractivity contribution >= 4 is 28.5 Å². The lowest BCUT2D eigenvalue weighted by molar-refractivity contribution is 0.00895. The van der Waals surface area contributed by atoms with Gasteiger partial charge in [0.2, 0.25) is 5.88 Å². The van der Waals surface area contributed by atoms with Crippen molar-refractivity contribution in [2.75, 3.05) is 18.8 Å². The van der Waals surface area contributed by atoms with Gasteiger partial charge >= 0.3 is 6.09 Å². The Kier molecular flexibility index (Phi) is 7.55. The van der Waals surface area contributed by atoms with Gasteiger partial charge in [-0.2, -0.15) is 0 Å². The van der Waals surface area contributed by atoms with E-state index in [1.165, 1.54) is 18.0 Å². The van der Waals surface area contributed by atoms with Crippen LogP contribution in [0.4, 0.5) is 15.0 Å². The van der Waals surface area contributed by atoms with E-state index in [1.54, 1.807) is 18.3 Å². The van der Waals surface area contributed by atoms with Crippen molar-refractivity contribution in [2.45, 2.75) is 65.4 Å². The molecule has 9 nitrogen and oxygen atoms in total. The highest BCUT2D eigenvalue weighted by Gasteiger charge is 2.39. The fourth-order valence-corrected chi connectivity index (χ4v) is 6.45. The largest absolute Gasteiger partial charge is 0.444 e. The summed E-state index contributed by atoms with van der Waals surface area (Å²) in [5, 5.41) is 0.699. The number of aryl methyl sites for hydroxylation is 2. The molecule has 2 aliphatic rings. The fourth-order valence-electron chi connectivity index (χ4n) is 6.45. The van der Waals surface area contributed by atoms with Gasteiger partial charge in [-0.25, -0.2) is 24.1 Å². The number of benzene rings is 1. The van der Waals surface area contributed by atoms with E-state index < -0.39 is 11.4 Å². The van der Waals surface area contributed by atoms with Crippen LogP contribution in [0, 0.1) is 18.2 Å². The van der Waals surface area contributed by atoms with Crippen LogP contribution >= 0.6 is 0 Å². The Hall–Kier alpha value is -4.47. The van der Waals surface area contributed by atoms with Crippen LogP contribution in [0.1, 0.15) is 64.1 Å². The molecule has 0 unspecified atom stereocenters. The molecule has 0 atom stereocenters. The average molecular weight is 599 g/mol. The van der Waals surface area contributed by atoms with Crippen molar-refractivity contribution in [1.29, 1.82) is 0 Å². The number of aromatic nitrogens is 4. The fraction of sp³-hybridized carbons (Fsp3) is 0.412. The number of nitrogen functional groups attached to an aromatic ring is 1. The summed E-state index contributed by atoms with van der Waals surface area (Å²) in [6, 6.07) is 8.57. The number of allylic oxidation sites excluding steroid dienone is 2. The first kappa shape index (κ1) is 29.6. The molecule has 2 N–H and O–H groups in total. The van der Waals surface area contributed by atoms with Gasteiger partial charge in [-0.1, -0.05) is 12.1 Å². The van der Waals surface area contributed by atoms with Crippen molar-refractivity contribution in [3.05, 3.63) is 66.0 Å². The molecule has 1 amide bonds. The van der Waals surface area contributed by atoms with Gasteiger partial charge in [-0.3, -0.25) is 0 Å². The summed E-state index contributed by atoms with van der Waals surface area (Å²) >= 11 is 0. The van der Waals surface area contributed by atoms with E-state index in [2.05, 4.69) is 21.0 Å². The Bertz CT molecular complexity index is 1760. The number of pyridine rings is 1. The van der Waals surface area contributed by atoms with Gasteiger partial charge in [0.15, 0.2) is 11.6 Å². The number of hydrogen-bond acceptors (Lipinski definition) is 7. The Labute approximate surface area is 256 Å². The molecule has 10 heteroatoms. The van der Waals surface area contributed by atoms with E-state index in [0.29, 0.717) is 41.4 Å². The number of nitrogens with two attached hydrogens (primary N) is 1. The zero-order valence-electron chi connectivity index (χ0n) is 26.0. The summed E-state index contributed by atoms with van der Waals surface area (Å²) < 4.78 is 29.0. The van der Waals surface area contributed by atoms with E-state index in [0.717, 1.165) is 48.9 Å². The number of hydrogen-bond donors (Lipinski definition) is 1. The second-order valence-electron chi connectivity index (χ2n) is 13.1. The normalized spacial score (nSPS) is 16.7. The molecule has 1 fully saturated rings. The van der Waals surface area contributed by atoms with Gasteiger partial charge in [-0.05, 0) is 100 Å². The first-order valence-corrected chi connectivity index (χ1v) is 15.1. The first-order valence-electron chi connectivity index (χ1n) is 15.1. The molecular weight excluding hydrogens is 559 g/mol. The summed E-state index contributed by atoms with van der Waals surface area (Å²) in [6.07, 6.45) is 9.76. The van der Waals surface area contributed by atoms with Crippen molar-refractivity contribution in [3.63, 3.8) is 0 Å². The van der Waals surface area contributed by atoms with Gasteiger partial charge < -0.3 is 24.7 Å². The summed E-state index contributed by atoms with van der Waals surface area (Å²) in [5.41, 5.74) is 11.3. The van der Waals surface area contributed by atoms with Crippen LogP contribution in [-0.2, 0) is 11.8 Å². The molecule has 1 saturated heterocycles. The van der Waals surface area contributed by atoms with E-state index in [1.807, 2.05) is 56.3 Å². The SMILES string of the molecule is Cc1ccnc(Oc2ccc(-c3c(C4=CCC5(CC4)CCN(C(=O)OC(C)(C)C)CC5)n(C)c4ncnc(N)c34)cc2F)c1. The Balaban J connectivity index is 1.30. The molecule has 4 heterocycles. The number of ether oxygens (including phenoxy) is 2. The standard InChI is InChI=1S/C34H39FN6O3/c1-21-10-15-37-26(18-21)43-25-7-6-23(19-24(25)35)27-28-30(36)38-20-39-31(28)40(5)29(27)22-8-11-34(12-9-22)13-16-41(17-14-34)32(42)44-33(2,3)4/h6-8,10,15,18-20H,9,11-14,16-17H2,1-5H3,(H2,36,38,39). The van der Waals surface area contributed by atoms with Gasteiger partial charge in [0.05, 0.1) is 11.1 Å². The van der Waals surface area contributed by atoms with Crippen LogP contribution in [-0.4, -0.2) is 49.2 Å². The number of piperidine rings is 1. The molecule has 230 valence electrons. The Morgan fingerprint density at radius 2 is 1.84 bits per heavy atom. The summed E-state index contributed by atoms with van der Waals surface area (Å²) in [5.74, 6) is 0.268. The van der Waals surface area contributed by atoms with Gasteiger partial charge in [0, 0.05) is 38.0 Å². The highest BCUT2D eigenvalue weighted by Crippen LogP contribution is 2.49. The van der Waals surface area contributed by atoms with Crippen LogP contribution in [0.2, 0.25) is 0 Å². The molecule has 44 heavy (non-hydrogen) atoms. The number of rotatable bonds is 4. The lowest BCUT2D eigenvalue weighted by Crippen LogP contribution is -2.45. The van der Waals surface area contributed by atoms with Crippen LogP contribution in [0.5, 0.6) is 11.6 Å². The third-order valence-electron chi connectivity index (χ3n) is 8.81. The first-order chi connectivity index (χ1) is 20.9. The summed E-state index contributed by atoms with van der Waals surface area (Å²) in [6.45, 7) is 8.99. The number of amides is 1. The van der Waals surface area contributed by atoms with Crippen molar-refractivity contribution < 1.29 is 18.7 Å². The Morgan fingerprint density at radius 1 is 1.07 bits per heavy atom. The molecule has 4 aromatic rings. The van der Waals surface area contributed by atoms with Gasteiger partial charge in [-0.15, -0.1) is 0 Å². The van der Waals surface area contributed by atoms with Gasteiger partial charge in [0.25, 0.3) is 0 Å². The number of carbonyl (C=O) groups excluding carboxylic acids is 1.